The van der Waals surface area contributed by atoms with Crippen molar-refractivity contribution in [1.29, 1.82) is 0 Å². The van der Waals surface area contributed by atoms with E-state index < -0.39 is 0 Å². The molecule has 1 saturated heterocycles. The van der Waals surface area contributed by atoms with Crippen LogP contribution in [0.5, 0.6) is 5.75 Å². The van der Waals surface area contributed by atoms with Crippen LogP contribution in [0.25, 0.3) is 0 Å². The lowest BCUT2D eigenvalue weighted by Crippen LogP contribution is -2.09. The number of halogens is 2. The lowest BCUT2D eigenvalue weighted by Gasteiger charge is -2.12. The Morgan fingerprint density at radius 3 is 2.93 bits per heavy atom. The molecule has 1 N–H and O–H groups in total. The van der Waals surface area contributed by atoms with Crippen molar-refractivity contribution in [2.24, 2.45) is 0 Å². The zero-order valence-corrected chi connectivity index (χ0v) is 9.27. The van der Waals surface area contributed by atoms with E-state index in [0.29, 0.717) is 16.3 Å². The van der Waals surface area contributed by atoms with Crippen molar-refractivity contribution in [3.63, 3.8) is 0 Å². The molecule has 1 aromatic carbocycles. The highest BCUT2D eigenvalue weighted by Crippen LogP contribution is 2.33. The molecule has 2 nitrogen and oxygen atoms in total. The number of rotatable bonds is 2. The molecule has 1 heterocycles. The summed E-state index contributed by atoms with van der Waals surface area (Å²) in [6.45, 7) is 1.76. The minimum Gasteiger partial charge on any atom is -0.495 e. The van der Waals surface area contributed by atoms with Gasteiger partial charge in [-0.05, 0) is 30.7 Å². The molecule has 1 fully saturated rings. The molecular weight excluding hydrogens is 217 g/mol. The smallest absolute Gasteiger partial charge is 0.137 e. The van der Waals surface area contributed by atoms with E-state index in [-0.39, 0.29) is 11.7 Å². The van der Waals surface area contributed by atoms with Crippen LogP contribution >= 0.6 is 11.6 Å². The molecule has 1 unspecified atom stereocenters. The quantitative estimate of drug-likeness (QED) is 0.842. The third-order valence-corrected chi connectivity index (χ3v) is 3.07. The molecule has 1 aromatic rings. The topological polar surface area (TPSA) is 21.3 Å². The van der Waals surface area contributed by atoms with Crippen LogP contribution in [0.1, 0.15) is 17.9 Å². The molecular formula is C11H13ClFNO. The molecule has 82 valence electrons. The minimum atomic E-state index is -0.241. The van der Waals surface area contributed by atoms with E-state index >= 15 is 0 Å². The van der Waals surface area contributed by atoms with E-state index in [1.54, 1.807) is 6.07 Å². The van der Waals surface area contributed by atoms with Gasteiger partial charge in [0.2, 0.25) is 0 Å². The van der Waals surface area contributed by atoms with Gasteiger partial charge in [0.25, 0.3) is 0 Å². The van der Waals surface area contributed by atoms with Gasteiger partial charge in [0.05, 0.1) is 12.1 Å². The maximum Gasteiger partial charge on any atom is 0.137 e. The summed E-state index contributed by atoms with van der Waals surface area (Å²) in [6.07, 6.45) is 0.960. The zero-order chi connectivity index (χ0) is 10.8. The number of hydrogen-bond donors (Lipinski definition) is 1. The van der Waals surface area contributed by atoms with Gasteiger partial charge in [-0.1, -0.05) is 11.6 Å². The second-order valence-electron chi connectivity index (χ2n) is 3.70. The maximum atomic E-state index is 13.7. The average Bonchev–Trinajstić information content (AvgIpc) is 2.71. The highest BCUT2D eigenvalue weighted by atomic mass is 35.5. The number of benzene rings is 1. The predicted octanol–water partition coefficient (Wildman–Crippen LogP) is 2.56. The summed E-state index contributed by atoms with van der Waals surface area (Å²) in [4.78, 5) is 0. The average molecular weight is 230 g/mol. The van der Waals surface area contributed by atoms with Gasteiger partial charge in [-0.25, -0.2) is 4.39 Å². The Morgan fingerprint density at radius 1 is 1.53 bits per heavy atom. The van der Waals surface area contributed by atoms with Gasteiger partial charge in [-0.2, -0.15) is 0 Å². The number of methoxy groups -OCH3 is 1. The Labute approximate surface area is 93.4 Å². The van der Waals surface area contributed by atoms with Gasteiger partial charge in [0, 0.05) is 12.5 Å². The van der Waals surface area contributed by atoms with E-state index in [2.05, 4.69) is 5.32 Å². The molecule has 1 aliphatic heterocycles. The van der Waals surface area contributed by atoms with Crippen molar-refractivity contribution >= 4 is 11.6 Å². The molecule has 2 rings (SSSR count). The number of nitrogens with one attached hydrogen (secondary N) is 1. The first-order chi connectivity index (χ1) is 7.22. The van der Waals surface area contributed by atoms with Gasteiger partial charge in [-0.15, -0.1) is 0 Å². The fourth-order valence-corrected chi connectivity index (χ4v) is 2.16. The summed E-state index contributed by atoms with van der Waals surface area (Å²) in [5, 5.41) is 3.53. The van der Waals surface area contributed by atoms with Crippen LogP contribution < -0.4 is 10.1 Å². The summed E-state index contributed by atoms with van der Waals surface area (Å²) < 4.78 is 18.7. The van der Waals surface area contributed by atoms with E-state index in [1.807, 2.05) is 0 Å². The van der Waals surface area contributed by atoms with Gasteiger partial charge in [0.1, 0.15) is 11.6 Å². The van der Waals surface area contributed by atoms with Crippen molar-refractivity contribution in [1.82, 2.24) is 5.32 Å². The first kappa shape index (κ1) is 10.7. The monoisotopic (exact) mass is 229 g/mol. The number of ether oxygens (including phenoxy) is 1. The van der Waals surface area contributed by atoms with Gasteiger partial charge in [-0.3, -0.25) is 0 Å². The first-order valence-electron chi connectivity index (χ1n) is 4.96. The lowest BCUT2D eigenvalue weighted by atomic mass is 9.97. The molecule has 4 heteroatoms. The zero-order valence-electron chi connectivity index (χ0n) is 8.52. The van der Waals surface area contributed by atoms with Crippen LogP contribution in [0.15, 0.2) is 12.1 Å². The highest BCUT2D eigenvalue weighted by molar-refractivity contribution is 6.32. The minimum absolute atomic E-state index is 0.233. The summed E-state index contributed by atoms with van der Waals surface area (Å²) in [5.74, 6) is 0.533. The molecule has 15 heavy (non-hydrogen) atoms. The molecule has 0 aromatic heterocycles. The molecule has 1 aliphatic rings. The molecule has 0 amide bonds. The van der Waals surface area contributed by atoms with Crippen LogP contribution in [-0.4, -0.2) is 20.2 Å². The summed E-state index contributed by atoms with van der Waals surface area (Å²) >= 11 is 5.83. The normalized spacial score (nSPS) is 20.6. The van der Waals surface area contributed by atoms with Crippen molar-refractivity contribution in [3.05, 3.63) is 28.5 Å². The van der Waals surface area contributed by atoms with E-state index in [0.717, 1.165) is 19.5 Å². The molecule has 0 spiro atoms. The van der Waals surface area contributed by atoms with Crippen LogP contribution in [0.3, 0.4) is 0 Å². The van der Waals surface area contributed by atoms with Crippen molar-refractivity contribution in [2.75, 3.05) is 20.2 Å². The van der Waals surface area contributed by atoms with Crippen LogP contribution in [0.2, 0.25) is 5.02 Å². The van der Waals surface area contributed by atoms with Gasteiger partial charge < -0.3 is 10.1 Å². The molecule has 0 bridgehead atoms. The predicted molar refractivity (Wildman–Crippen MR) is 58.2 cm³/mol. The van der Waals surface area contributed by atoms with E-state index in [1.165, 1.54) is 13.2 Å². The fourth-order valence-electron chi connectivity index (χ4n) is 1.93. The van der Waals surface area contributed by atoms with Crippen LogP contribution in [0, 0.1) is 5.82 Å². The Kier molecular flexibility index (Phi) is 3.12. The third-order valence-electron chi connectivity index (χ3n) is 2.77. The molecule has 1 atom stereocenters. The fraction of sp³-hybridized carbons (Fsp3) is 0.455. The second-order valence-corrected chi connectivity index (χ2v) is 4.11. The largest absolute Gasteiger partial charge is 0.495 e. The van der Waals surface area contributed by atoms with Crippen LogP contribution in [-0.2, 0) is 0 Å². The maximum absolute atomic E-state index is 13.7. The summed E-state index contributed by atoms with van der Waals surface area (Å²) in [7, 11) is 1.54. The Bertz CT molecular complexity index is 364. The Balaban J connectivity index is 2.37. The van der Waals surface area contributed by atoms with Gasteiger partial charge in [0.15, 0.2) is 0 Å². The van der Waals surface area contributed by atoms with Crippen LogP contribution in [0.4, 0.5) is 4.39 Å². The third kappa shape index (κ3) is 2.08. The second kappa shape index (κ2) is 4.37. The lowest BCUT2D eigenvalue weighted by molar-refractivity contribution is 0.412. The van der Waals surface area contributed by atoms with Crippen molar-refractivity contribution in [3.8, 4) is 5.75 Å². The van der Waals surface area contributed by atoms with Crippen molar-refractivity contribution in [2.45, 2.75) is 12.3 Å². The number of hydrogen-bond acceptors (Lipinski definition) is 2. The van der Waals surface area contributed by atoms with Gasteiger partial charge >= 0.3 is 0 Å². The molecule has 0 aliphatic carbocycles. The molecule has 0 saturated carbocycles. The van der Waals surface area contributed by atoms with Crippen molar-refractivity contribution < 1.29 is 9.13 Å². The molecule has 0 radical (unpaired) electrons. The standard InChI is InChI=1S/C11H13ClFNO/c1-15-11-4-8(7-2-3-14-6-7)10(13)5-9(11)12/h4-5,7,14H,2-3,6H2,1H3. The summed E-state index contributed by atoms with van der Waals surface area (Å²) in [5.41, 5.74) is 0.696. The van der Waals surface area contributed by atoms with E-state index in [4.69, 9.17) is 16.3 Å². The summed E-state index contributed by atoms with van der Waals surface area (Å²) in [6, 6.07) is 3.03. The first-order valence-corrected chi connectivity index (χ1v) is 5.34. The SMILES string of the molecule is COc1cc(C2CCNC2)c(F)cc1Cl. The Morgan fingerprint density at radius 2 is 2.33 bits per heavy atom. The Hall–Kier alpha value is -0.800. The highest BCUT2D eigenvalue weighted by Gasteiger charge is 2.21. The van der Waals surface area contributed by atoms with E-state index in [9.17, 15) is 4.39 Å².